The molecule has 16 atom stereocenters. The van der Waals surface area contributed by atoms with E-state index in [0.29, 0.717) is 25.2 Å². The van der Waals surface area contributed by atoms with Crippen LogP contribution in [0.2, 0.25) is 0 Å². The summed E-state index contributed by atoms with van der Waals surface area (Å²) < 4.78 is 11.5. The van der Waals surface area contributed by atoms with Gasteiger partial charge in [0.05, 0.1) is 24.2 Å². The van der Waals surface area contributed by atoms with Crippen LogP contribution < -0.4 is 0 Å². The lowest BCUT2D eigenvalue weighted by atomic mass is 9.32. The summed E-state index contributed by atoms with van der Waals surface area (Å²) in [6.07, 6.45) is -1.27. The van der Waals surface area contributed by atoms with Crippen LogP contribution in [-0.2, 0) is 14.3 Å². The van der Waals surface area contributed by atoms with E-state index in [4.69, 9.17) is 9.47 Å². The highest BCUT2D eigenvalue weighted by molar-refractivity contribution is 5.78. The van der Waals surface area contributed by atoms with Crippen molar-refractivity contribution in [1.82, 2.24) is 0 Å². The Balaban J connectivity index is 1.34. The summed E-state index contributed by atoms with van der Waals surface area (Å²) in [6.45, 7) is 17.3. The van der Waals surface area contributed by atoms with Crippen LogP contribution in [0.4, 0.5) is 0 Å². The summed E-state index contributed by atoms with van der Waals surface area (Å²) >= 11 is 0. The fourth-order valence-corrected chi connectivity index (χ4v) is 13.1. The molecule has 6 N–H and O–H groups in total. The number of esters is 1. The van der Waals surface area contributed by atoms with Crippen LogP contribution in [0.15, 0.2) is 12.2 Å². The summed E-state index contributed by atoms with van der Waals surface area (Å²) in [7, 11) is 0. The van der Waals surface area contributed by atoms with Gasteiger partial charge in [0.25, 0.3) is 0 Å². The van der Waals surface area contributed by atoms with Crippen molar-refractivity contribution in [2.45, 2.75) is 142 Å². The van der Waals surface area contributed by atoms with Crippen molar-refractivity contribution < 1.29 is 44.9 Å². The van der Waals surface area contributed by atoms with Gasteiger partial charge in [-0.1, -0.05) is 46.8 Å². The minimum absolute atomic E-state index is 0.0119. The average Bonchev–Trinajstić information content (AvgIpc) is 3.37. The van der Waals surface area contributed by atoms with Crippen molar-refractivity contribution in [3.63, 3.8) is 0 Å². The third kappa shape index (κ3) is 4.46. The Kier molecular flexibility index (Phi) is 8.25. The number of hydrogen-bond acceptors (Lipinski definition) is 9. The molecule has 0 spiro atoms. The van der Waals surface area contributed by atoms with Crippen LogP contribution in [0, 0.1) is 56.7 Å². The Morgan fingerprint density at radius 2 is 1.56 bits per heavy atom. The molecule has 6 fully saturated rings. The fraction of sp³-hybridized carbons (Fsp3) is 0.917. The first-order valence-corrected chi connectivity index (χ1v) is 17.4. The first-order chi connectivity index (χ1) is 20.9. The molecule has 5 saturated carbocycles. The van der Waals surface area contributed by atoms with Crippen LogP contribution in [-0.4, -0.2) is 86.1 Å². The Labute approximate surface area is 268 Å². The summed E-state index contributed by atoms with van der Waals surface area (Å²) in [4.78, 5) is 14.4. The van der Waals surface area contributed by atoms with E-state index in [2.05, 4.69) is 41.2 Å². The lowest BCUT2D eigenvalue weighted by Crippen LogP contribution is -2.70. The standard InChI is InChI=1S/C36H58O9/c1-18(2)19-10-13-36(31(43)45-30-28(42)27(41)26(40)22(17-37)44-30)15-14-34(6)20(25(19)36)8-9-23-33(5)12-11-24(39)32(3,4)29(33)21(38)16-35(23,34)7/h19-30,37-42H,1,8-17H2,2-7H3/t19-,20+,21+,22+,23+,24-,25+,26+,27-,28+,29-,30-,33+,34+,35+,36-/m0/s1. The van der Waals surface area contributed by atoms with Gasteiger partial charge in [-0.2, -0.15) is 0 Å². The van der Waals surface area contributed by atoms with Crippen LogP contribution >= 0.6 is 0 Å². The maximum atomic E-state index is 14.4. The van der Waals surface area contributed by atoms with E-state index in [1.54, 1.807) is 0 Å². The molecule has 0 aromatic carbocycles. The number of ether oxygens (including phenoxy) is 2. The summed E-state index contributed by atoms with van der Waals surface area (Å²) in [5.74, 6) is 0.221. The van der Waals surface area contributed by atoms with Crippen LogP contribution in [0.1, 0.15) is 99.3 Å². The van der Waals surface area contributed by atoms with E-state index in [-0.39, 0.29) is 45.3 Å². The number of fused-ring (bicyclic) bond motifs is 7. The second-order valence-corrected chi connectivity index (χ2v) is 17.5. The van der Waals surface area contributed by atoms with Gasteiger partial charge in [0.2, 0.25) is 6.29 Å². The molecule has 0 aromatic heterocycles. The Hall–Kier alpha value is -1.07. The van der Waals surface area contributed by atoms with Gasteiger partial charge in [-0.3, -0.25) is 4.79 Å². The molecule has 9 heteroatoms. The number of carbonyl (C=O) groups is 1. The van der Waals surface area contributed by atoms with E-state index >= 15 is 0 Å². The number of rotatable bonds is 4. The topological polar surface area (TPSA) is 157 Å². The molecule has 5 aliphatic carbocycles. The van der Waals surface area contributed by atoms with E-state index in [1.807, 2.05) is 6.92 Å². The molecule has 1 heterocycles. The second kappa shape index (κ2) is 11.0. The summed E-state index contributed by atoms with van der Waals surface area (Å²) in [5, 5.41) is 64.0. The zero-order chi connectivity index (χ0) is 33.1. The highest BCUT2D eigenvalue weighted by Crippen LogP contribution is 2.77. The smallest absolute Gasteiger partial charge is 0.314 e. The van der Waals surface area contributed by atoms with Gasteiger partial charge in [-0.05, 0) is 116 Å². The fourth-order valence-electron chi connectivity index (χ4n) is 13.1. The number of hydrogen-bond donors (Lipinski definition) is 6. The second-order valence-electron chi connectivity index (χ2n) is 17.5. The molecule has 0 unspecified atom stereocenters. The van der Waals surface area contributed by atoms with Crippen molar-refractivity contribution in [1.29, 1.82) is 0 Å². The normalized spacial score (nSPS) is 55.5. The van der Waals surface area contributed by atoms with Crippen molar-refractivity contribution >= 4 is 5.97 Å². The summed E-state index contributed by atoms with van der Waals surface area (Å²) in [5.41, 5.74) is -0.569. The third-order valence-electron chi connectivity index (χ3n) is 15.4. The molecule has 256 valence electrons. The van der Waals surface area contributed by atoms with Gasteiger partial charge in [0.15, 0.2) is 0 Å². The minimum atomic E-state index is -1.64. The minimum Gasteiger partial charge on any atom is -0.432 e. The van der Waals surface area contributed by atoms with E-state index in [1.165, 1.54) is 0 Å². The van der Waals surface area contributed by atoms with E-state index in [0.717, 1.165) is 44.1 Å². The molecule has 1 aliphatic heterocycles. The number of carbonyl (C=O) groups excluding carboxylic acids is 1. The van der Waals surface area contributed by atoms with Crippen molar-refractivity contribution in [2.24, 2.45) is 56.7 Å². The molecule has 6 aliphatic rings. The monoisotopic (exact) mass is 634 g/mol. The van der Waals surface area contributed by atoms with Crippen molar-refractivity contribution in [2.75, 3.05) is 6.61 Å². The molecule has 0 amide bonds. The molecule has 0 bridgehead atoms. The highest BCUT2D eigenvalue weighted by Gasteiger charge is 2.73. The molecule has 0 radical (unpaired) electrons. The highest BCUT2D eigenvalue weighted by atomic mass is 16.7. The first-order valence-electron chi connectivity index (χ1n) is 17.4. The quantitative estimate of drug-likeness (QED) is 0.202. The van der Waals surface area contributed by atoms with Crippen LogP contribution in [0.25, 0.3) is 0 Å². The lowest BCUT2D eigenvalue weighted by molar-refractivity contribution is -0.300. The maximum absolute atomic E-state index is 14.4. The molecular weight excluding hydrogens is 576 g/mol. The maximum Gasteiger partial charge on any atom is 0.314 e. The van der Waals surface area contributed by atoms with Crippen molar-refractivity contribution in [3.8, 4) is 0 Å². The Morgan fingerprint density at radius 3 is 2.20 bits per heavy atom. The zero-order valence-electron chi connectivity index (χ0n) is 28.1. The zero-order valence-corrected chi connectivity index (χ0v) is 28.1. The van der Waals surface area contributed by atoms with Gasteiger partial charge in [-0.25, -0.2) is 0 Å². The molecule has 0 aromatic rings. The predicted octanol–water partition coefficient (Wildman–Crippen LogP) is 3.32. The largest absolute Gasteiger partial charge is 0.432 e. The molecule has 1 saturated heterocycles. The van der Waals surface area contributed by atoms with Crippen LogP contribution in [0.3, 0.4) is 0 Å². The van der Waals surface area contributed by atoms with Gasteiger partial charge >= 0.3 is 5.97 Å². The van der Waals surface area contributed by atoms with Crippen LogP contribution in [0.5, 0.6) is 0 Å². The lowest BCUT2D eigenvalue weighted by Gasteiger charge is -2.73. The third-order valence-corrected chi connectivity index (χ3v) is 15.4. The predicted molar refractivity (Wildman–Crippen MR) is 166 cm³/mol. The Bertz CT molecular complexity index is 1190. The molecule has 9 nitrogen and oxygen atoms in total. The SMILES string of the molecule is C=C(C)[C@@H]1CC[C@]2(C(=O)O[C@@H]3O[C@H](CO)[C@@H](O)[C@H](O)[C@H]3O)CC[C@]3(C)[C@H](CC[C@@H]4[C@@]5(C)CC[C@H](O)C(C)(C)[C@@H]5[C@H](O)C[C@]43C)[C@@H]12. The average molecular weight is 635 g/mol. The van der Waals surface area contributed by atoms with Gasteiger partial charge in [-0.15, -0.1) is 0 Å². The van der Waals surface area contributed by atoms with E-state index < -0.39 is 60.9 Å². The van der Waals surface area contributed by atoms with Crippen molar-refractivity contribution in [3.05, 3.63) is 12.2 Å². The summed E-state index contributed by atoms with van der Waals surface area (Å²) in [6, 6.07) is 0. The van der Waals surface area contributed by atoms with Gasteiger partial charge in [0.1, 0.15) is 24.4 Å². The molecular formula is C36H58O9. The Morgan fingerprint density at radius 1 is 0.867 bits per heavy atom. The first kappa shape index (κ1) is 33.8. The number of aliphatic hydroxyl groups excluding tert-OH is 6. The van der Waals surface area contributed by atoms with Gasteiger partial charge < -0.3 is 40.1 Å². The van der Waals surface area contributed by atoms with E-state index in [9.17, 15) is 35.4 Å². The molecule has 45 heavy (non-hydrogen) atoms. The van der Waals surface area contributed by atoms with Gasteiger partial charge in [0, 0.05) is 0 Å². The number of allylic oxidation sites excluding steroid dienone is 1. The number of aliphatic hydroxyl groups is 6. The molecule has 6 rings (SSSR count).